The third-order valence-corrected chi connectivity index (χ3v) is 4.77. The maximum Gasteiger partial charge on any atom is 0.257 e. The fourth-order valence-electron chi connectivity index (χ4n) is 2.52. The quantitative estimate of drug-likeness (QED) is 0.613. The summed E-state index contributed by atoms with van der Waals surface area (Å²) < 4.78 is 0.944. The van der Waals surface area contributed by atoms with Gasteiger partial charge >= 0.3 is 0 Å². The zero-order valence-corrected chi connectivity index (χ0v) is 15.5. The third kappa shape index (κ3) is 3.83. The average Bonchev–Trinajstić information content (AvgIpc) is 2.63. The molecule has 1 aromatic heterocycles. The lowest BCUT2D eigenvalue weighted by Crippen LogP contribution is -2.35. The molecule has 0 atom stereocenters. The van der Waals surface area contributed by atoms with Gasteiger partial charge in [0.2, 0.25) is 11.3 Å². The highest BCUT2D eigenvalue weighted by Crippen LogP contribution is 2.19. The molecule has 3 rings (SSSR count). The van der Waals surface area contributed by atoms with Gasteiger partial charge in [0, 0.05) is 27.3 Å². The van der Waals surface area contributed by atoms with Crippen molar-refractivity contribution in [2.75, 3.05) is 11.9 Å². The van der Waals surface area contributed by atoms with E-state index in [2.05, 4.69) is 31.5 Å². The molecule has 6 nitrogen and oxygen atoms in total. The number of fused-ring (bicyclic) bond motifs is 1. The van der Waals surface area contributed by atoms with Gasteiger partial charge in [0.15, 0.2) is 0 Å². The number of H-pyrrole nitrogens is 1. The number of aromatic nitrogens is 1. The van der Waals surface area contributed by atoms with Crippen LogP contribution in [0.5, 0.6) is 0 Å². The van der Waals surface area contributed by atoms with Crippen molar-refractivity contribution < 1.29 is 9.59 Å². The number of carbonyl (C=O) groups is 2. The Balaban J connectivity index is 1.67. The summed E-state index contributed by atoms with van der Waals surface area (Å²) in [5, 5.41) is 5.60. The molecule has 0 radical (unpaired) electrons. The minimum atomic E-state index is -0.598. The molecule has 3 aromatic rings. The summed E-state index contributed by atoms with van der Waals surface area (Å²) in [5.74, 6) is -0.976. The Hall–Kier alpha value is -2.93. The van der Waals surface area contributed by atoms with E-state index in [-0.39, 0.29) is 23.4 Å². The number of carbonyl (C=O) groups excluding carboxylic acids is 2. The van der Waals surface area contributed by atoms with E-state index in [9.17, 15) is 14.4 Å². The van der Waals surface area contributed by atoms with Crippen LogP contribution in [0.4, 0.5) is 5.69 Å². The first-order chi connectivity index (χ1) is 12.5. The number of amides is 2. The van der Waals surface area contributed by atoms with Gasteiger partial charge in [-0.1, -0.05) is 28.1 Å². The standard InChI is InChI=1S/C19H16BrN3O3/c1-11-8-12(6-7-15(11)20)23-17(24)10-22-19(26)14-9-21-16-5-3-2-4-13(16)18(14)25/h2-9H,10H2,1H3,(H,21,25)(H,22,26)(H,23,24). The van der Waals surface area contributed by atoms with Gasteiger partial charge < -0.3 is 15.6 Å². The van der Waals surface area contributed by atoms with E-state index in [1.165, 1.54) is 6.20 Å². The minimum absolute atomic E-state index is 0.0315. The van der Waals surface area contributed by atoms with Crippen LogP contribution in [0.2, 0.25) is 0 Å². The number of rotatable bonds is 4. The van der Waals surface area contributed by atoms with Crippen molar-refractivity contribution in [3.8, 4) is 0 Å². The predicted octanol–water partition coefficient (Wildman–Crippen LogP) is 2.97. The monoisotopic (exact) mass is 413 g/mol. The fraction of sp³-hybridized carbons (Fsp3) is 0.105. The summed E-state index contributed by atoms with van der Waals surface area (Å²) in [6.07, 6.45) is 1.36. The van der Waals surface area contributed by atoms with Crippen LogP contribution in [0.25, 0.3) is 10.9 Å². The second-order valence-electron chi connectivity index (χ2n) is 5.77. The lowest BCUT2D eigenvalue weighted by atomic mass is 10.1. The van der Waals surface area contributed by atoms with Crippen LogP contribution >= 0.6 is 15.9 Å². The number of hydrogen-bond acceptors (Lipinski definition) is 3. The number of para-hydroxylation sites is 1. The Kier molecular flexibility index (Phi) is 5.18. The lowest BCUT2D eigenvalue weighted by Gasteiger charge is -2.08. The molecule has 132 valence electrons. The second-order valence-corrected chi connectivity index (χ2v) is 6.63. The number of nitrogens with one attached hydrogen (secondary N) is 3. The molecule has 1 heterocycles. The Labute approximate surface area is 157 Å². The number of hydrogen-bond donors (Lipinski definition) is 3. The summed E-state index contributed by atoms with van der Waals surface area (Å²) in [7, 11) is 0. The molecule has 0 aliphatic carbocycles. The van der Waals surface area contributed by atoms with Gasteiger partial charge in [-0.25, -0.2) is 0 Å². The zero-order valence-electron chi connectivity index (χ0n) is 13.9. The Morgan fingerprint density at radius 2 is 1.92 bits per heavy atom. The van der Waals surface area contributed by atoms with Gasteiger partial charge in [-0.2, -0.15) is 0 Å². The van der Waals surface area contributed by atoms with Gasteiger partial charge in [-0.3, -0.25) is 14.4 Å². The maximum absolute atomic E-state index is 12.4. The van der Waals surface area contributed by atoms with Crippen LogP contribution in [-0.2, 0) is 4.79 Å². The lowest BCUT2D eigenvalue weighted by molar-refractivity contribution is -0.115. The van der Waals surface area contributed by atoms with Crippen LogP contribution in [0.1, 0.15) is 15.9 Å². The molecular formula is C19H16BrN3O3. The van der Waals surface area contributed by atoms with Crippen molar-refractivity contribution in [1.29, 1.82) is 0 Å². The molecule has 2 aromatic carbocycles. The van der Waals surface area contributed by atoms with Crippen molar-refractivity contribution in [1.82, 2.24) is 10.3 Å². The van der Waals surface area contributed by atoms with Gasteiger partial charge in [0.05, 0.1) is 6.54 Å². The Morgan fingerprint density at radius 1 is 1.15 bits per heavy atom. The predicted molar refractivity (Wildman–Crippen MR) is 104 cm³/mol. The highest BCUT2D eigenvalue weighted by molar-refractivity contribution is 9.10. The molecule has 0 fully saturated rings. The molecule has 0 bridgehead atoms. The van der Waals surface area contributed by atoms with Crippen molar-refractivity contribution in [2.45, 2.75) is 6.92 Å². The van der Waals surface area contributed by atoms with Crippen LogP contribution in [-0.4, -0.2) is 23.3 Å². The second kappa shape index (κ2) is 7.53. The SMILES string of the molecule is Cc1cc(NC(=O)CNC(=O)c2c[nH]c3ccccc3c2=O)ccc1Br. The number of aryl methyl sites for hydroxylation is 1. The van der Waals surface area contributed by atoms with E-state index in [1.54, 1.807) is 30.3 Å². The van der Waals surface area contributed by atoms with Crippen molar-refractivity contribution >= 4 is 44.3 Å². The van der Waals surface area contributed by atoms with Crippen LogP contribution in [0.3, 0.4) is 0 Å². The molecule has 0 spiro atoms. The van der Waals surface area contributed by atoms with Crippen molar-refractivity contribution in [2.24, 2.45) is 0 Å². The largest absolute Gasteiger partial charge is 0.360 e. The summed E-state index contributed by atoms with van der Waals surface area (Å²) in [4.78, 5) is 39.6. The topological polar surface area (TPSA) is 91.1 Å². The summed E-state index contributed by atoms with van der Waals surface area (Å²) in [5.41, 5.74) is 1.86. The van der Waals surface area contributed by atoms with E-state index in [4.69, 9.17) is 0 Å². The molecule has 26 heavy (non-hydrogen) atoms. The van der Waals surface area contributed by atoms with E-state index >= 15 is 0 Å². The number of pyridine rings is 1. The highest BCUT2D eigenvalue weighted by atomic mass is 79.9. The molecule has 0 unspecified atom stereocenters. The molecule has 3 N–H and O–H groups in total. The minimum Gasteiger partial charge on any atom is -0.360 e. The van der Waals surface area contributed by atoms with E-state index < -0.39 is 5.91 Å². The van der Waals surface area contributed by atoms with Gasteiger partial charge in [-0.05, 0) is 42.8 Å². The number of benzene rings is 2. The normalized spacial score (nSPS) is 10.5. The number of anilines is 1. The van der Waals surface area contributed by atoms with E-state index in [1.807, 2.05) is 19.1 Å². The molecule has 2 amide bonds. The molecule has 0 saturated heterocycles. The van der Waals surface area contributed by atoms with Crippen molar-refractivity contribution in [3.63, 3.8) is 0 Å². The van der Waals surface area contributed by atoms with Crippen LogP contribution < -0.4 is 16.1 Å². The summed E-state index contributed by atoms with van der Waals surface area (Å²) in [6, 6.07) is 12.3. The number of aromatic amines is 1. The zero-order chi connectivity index (χ0) is 18.7. The molecule has 0 saturated carbocycles. The first-order valence-electron chi connectivity index (χ1n) is 7.90. The number of halogens is 1. The average molecular weight is 414 g/mol. The summed E-state index contributed by atoms with van der Waals surface area (Å²) >= 11 is 3.39. The smallest absolute Gasteiger partial charge is 0.257 e. The highest BCUT2D eigenvalue weighted by Gasteiger charge is 2.14. The van der Waals surface area contributed by atoms with Crippen molar-refractivity contribution in [3.05, 3.63) is 74.5 Å². The Bertz CT molecular complexity index is 1060. The third-order valence-electron chi connectivity index (χ3n) is 3.88. The molecule has 0 aliphatic heterocycles. The van der Waals surface area contributed by atoms with Gasteiger partial charge in [0.25, 0.3) is 5.91 Å². The Morgan fingerprint density at radius 3 is 2.69 bits per heavy atom. The summed E-state index contributed by atoms with van der Waals surface area (Å²) in [6.45, 7) is 1.67. The molecule has 7 heteroatoms. The van der Waals surface area contributed by atoms with E-state index in [0.717, 1.165) is 10.0 Å². The fourth-order valence-corrected chi connectivity index (χ4v) is 2.77. The van der Waals surface area contributed by atoms with E-state index in [0.29, 0.717) is 16.6 Å². The van der Waals surface area contributed by atoms with Crippen LogP contribution in [0.15, 0.2) is 57.9 Å². The molecular weight excluding hydrogens is 398 g/mol. The van der Waals surface area contributed by atoms with Gasteiger partial charge in [0.1, 0.15) is 5.56 Å². The molecule has 0 aliphatic rings. The first-order valence-corrected chi connectivity index (χ1v) is 8.69. The maximum atomic E-state index is 12.4. The van der Waals surface area contributed by atoms with Gasteiger partial charge in [-0.15, -0.1) is 0 Å². The first kappa shape index (κ1) is 17.9. The van der Waals surface area contributed by atoms with Crippen LogP contribution in [0, 0.1) is 6.92 Å².